The van der Waals surface area contributed by atoms with E-state index >= 15 is 158 Å². The van der Waals surface area contributed by atoms with Gasteiger partial charge in [-0.2, -0.15) is 167 Å². The van der Waals surface area contributed by atoms with Crippen LogP contribution >= 0.6 is 14.5 Å². The number of aromatic nitrogens is 2. The van der Waals surface area contributed by atoms with Crippen LogP contribution in [-0.2, 0) is 86.4 Å². The lowest BCUT2D eigenvalue weighted by atomic mass is 9.79. The van der Waals surface area contributed by atoms with Gasteiger partial charge >= 0.3 is 74.1 Å². The zero-order valence-corrected chi connectivity index (χ0v) is 51.5. The Hall–Kier alpha value is -7.78. The fraction of sp³-hybridized carbons (Fsp3) is 0.290. The average Bonchev–Trinajstić information content (AvgIpc) is 0.649. The Labute approximate surface area is 547 Å². The second-order valence-electron chi connectivity index (χ2n) is 23.5. The Morgan fingerprint density at radius 1 is 0.255 bits per heavy atom. The van der Waals surface area contributed by atoms with Crippen LogP contribution in [0.3, 0.4) is 0 Å². The molecular formula is C62H34F36N2P2+4. The van der Waals surface area contributed by atoms with Gasteiger partial charge in [-0.3, -0.25) is 0 Å². The van der Waals surface area contributed by atoms with Crippen LogP contribution in [-0.4, -0.2) is 5.16 Å². The van der Waals surface area contributed by atoms with E-state index in [4.69, 9.17) is 0 Å². The molecule has 1 fully saturated rings. The largest absolute Gasteiger partial charge is 0.416 e. The first kappa shape index (κ1) is 78.4. The molecule has 1 aliphatic rings. The normalized spacial score (nSPS) is 17.7. The van der Waals surface area contributed by atoms with E-state index in [-0.39, 0.29) is 11.5 Å². The molecule has 2 nitrogen and oxygen atoms in total. The fourth-order valence-electron chi connectivity index (χ4n) is 13.0. The van der Waals surface area contributed by atoms with Crippen LogP contribution in [0.5, 0.6) is 0 Å². The molecule has 0 saturated heterocycles. The van der Waals surface area contributed by atoms with E-state index in [2.05, 4.69) is 0 Å². The predicted molar refractivity (Wildman–Crippen MR) is 291 cm³/mol. The molecule has 0 radical (unpaired) electrons. The molecular weight excluding hydrogens is 1520 g/mol. The van der Waals surface area contributed by atoms with E-state index in [1.54, 1.807) is 0 Å². The molecule has 2 heterocycles. The standard InChI is InChI=1S/C62H34F36N2P2/c1-49(101(41-15-29(51(63,64)65)9-30(16-41)52(66,67)68,42-17-31(53(69,70)71)10-32(18-42)54(72,73)74)43-19-33(55(75,76)77)11-34(20-43)56(78,79)80)27-50(28-49,100-8-4-5-47-48(100)6-3-7-99(47)2)102(44-21-35(57(81,82)83)12-36(22-44)58(84,85)86,45-23-37(59(87,88)89)13-38(24-45)60(90,91)92)46-25-39(61(93,94)95)14-40(26-46)62(96,97)98/h3-26H,27-28H2,1-2H3/q+4. The molecule has 6 aromatic carbocycles. The molecule has 0 aliphatic heterocycles. The van der Waals surface area contributed by atoms with Crippen molar-refractivity contribution in [3.05, 3.63) is 213 Å². The number of aryl methyl sites for hydroxylation is 1. The Morgan fingerprint density at radius 2 is 0.431 bits per heavy atom. The highest BCUT2D eigenvalue weighted by atomic mass is 31.2. The first-order chi connectivity index (χ1) is 45.8. The summed E-state index contributed by atoms with van der Waals surface area (Å²) in [5.74, 6) is 0. The summed E-state index contributed by atoms with van der Waals surface area (Å²) in [5, 5.41) is -22.0. The van der Waals surface area contributed by atoms with Crippen molar-refractivity contribution < 1.29 is 167 Å². The number of alkyl halides is 36. The molecule has 2 aromatic heterocycles. The van der Waals surface area contributed by atoms with Gasteiger partial charge < -0.3 is 0 Å². The van der Waals surface area contributed by atoms with Crippen LogP contribution in [0.2, 0.25) is 0 Å². The molecule has 0 N–H and O–H groups in total. The van der Waals surface area contributed by atoms with Crippen molar-refractivity contribution in [3.63, 3.8) is 0 Å². The highest BCUT2D eigenvalue weighted by molar-refractivity contribution is 7.98. The van der Waals surface area contributed by atoms with Gasteiger partial charge in [0, 0.05) is 24.3 Å². The number of halogens is 36. The zero-order valence-electron chi connectivity index (χ0n) is 49.7. The monoisotopic (exact) mass is 1550 g/mol. The lowest BCUT2D eigenvalue weighted by Crippen LogP contribution is -2.75. The maximum atomic E-state index is 15.7. The van der Waals surface area contributed by atoms with Crippen molar-refractivity contribution >= 4 is 57.4 Å². The van der Waals surface area contributed by atoms with Gasteiger partial charge in [0.2, 0.25) is 0 Å². The van der Waals surface area contributed by atoms with Crippen molar-refractivity contribution in [2.45, 2.75) is 104 Å². The van der Waals surface area contributed by atoms with Crippen LogP contribution in [0.25, 0.3) is 11.0 Å². The van der Waals surface area contributed by atoms with Crippen LogP contribution < -0.4 is 41.0 Å². The zero-order chi connectivity index (χ0) is 77.1. The average molecular weight is 1550 g/mol. The van der Waals surface area contributed by atoms with E-state index in [0.717, 1.165) is 29.9 Å². The van der Waals surface area contributed by atoms with Gasteiger partial charge in [0.05, 0.1) is 79.6 Å². The summed E-state index contributed by atoms with van der Waals surface area (Å²) < 4.78 is 563. The van der Waals surface area contributed by atoms with Gasteiger partial charge in [-0.15, -0.1) is 0 Å². The Morgan fingerprint density at radius 3 is 0.627 bits per heavy atom. The minimum absolute atomic E-state index is 0.0990. The molecule has 1 saturated carbocycles. The van der Waals surface area contributed by atoms with Crippen LogP contribution in [0.4, 0.5) is 158 Å². The molecule has 9 rings (SSSR count). The second-order valence-corrected chi connectivity index (χ2v) is 31.2. The molecule has 0 amide bonds. The van der Waals surface area contributed by atoms with Crippen LogP contribution in [0.15, 0.2) is 146 Å². The smallest absolute Gasteiger partial charge is 0.196 e. The van der Waals surface area contributed by atoms with Crippen LogP contribution in [0, 0.1) is 0 Å². The van der Waals surface area contributed by atoms with Gasteiger partial charge in [0.15, 0.2) is 19.7 Å². The summed E-state index contributed by atoms with van der Waals surface area (Å²) in [6.45, 7) is 0.0990. The molecule has 40 heteroatoms. The third kappa shape index (κ3) is 14.2. The summed E-state index contributed by atoms with van der Waals surface area (Å²) in [4.78, 5) is 0. The second kappa shape index (κ2) is 24.4. The highest BCUT2D eigenvalue weighted by Gasteiger charge is 2.86. The third-order valence-electron chi connectivity index (χ3n) is 16.9. The Bertz CT molecular complexity index is 4000. The van der Waals surface area contributed by atoms with E-state index in [9.17, 15) is 0 Å². The van der Waals surface area contributed by atoms with Crippen molar-refractivity contribution in [1.82, 2.24) is 0 Å². The maximum absolute atomic E-state index is 15.7. The molecule has 0 unspecified atom stereocenters. The van der Waals surface area contributed by atoms with Crippen molar-refractivity contribution in [1.29, 1.82) is 0 Å². The number of pyridine rings is 2. The van der Waals surface area contributed by atoms with Crippen molar-refractivity contribution in [3.8, 4) is 0 Å². The van der Waals surface area contributed by atoms with E-state index < -0.39 is 331 Å². The number of fused-ring (bicyclic) bond motifs is 1. The molecule has 102 heavy (non-hydrogen) atoms. The van der Waals surface area contributed by atoms with Crippen LogP contribution in [0.1, 0.15) is 86.5 Å². The van der Waals surface area contributed by atoms with E-state index in [0.29, 0.717) is 18.3 Å². The van der Waals surface area contributed by atoms with Crippen molar-refractivity contribution in [2.24, 2.45) is 7.05 Å². The third-order valence-corrected chi connectivity index (χ3v) is 26.8. The number of hydrogen-bond acceptors (Lipinski definition) is 0. The highest BCUT2D eigenvalue weighted by Crippen LogP contribution is 2.85. The topological polar surface area (TPSA) is 7.76 Å². The van der Waals surface area contributed by atoms with Gasteiger partial charge in [-0.1, -0.05) is 0 Å². The van der Waals surface area contributed by atoms with E-state index in [1.165, 1.54) is 0 Å². The fourth-order valence-corrected chi connectivity index (χ4v) is 25.0. The lowest BCUT2D eigenvalue weighted by molar-refractivity contribution is -0.734. The van der Waals surface area contributed by atoms with Gasteiger partial charge in [0.25, 0.3) is 16.3 Å². The number of benzene rings is 6. The number of rotatable bonds is 9. The molecule has 0 spiro atoms. The SMILES string of the molecule is C[n+]1cccc2c1ccc[n+]2C1([P+](c2cc(C(F)(F)F)cc(C(F)(F)F)c2)(c2cc(C(F)(F)F)cc(C(F)(F)F)c2)c2cc(C(F)(F)F)cc(C(F)(F)F)c2)CC(C)([P+](c2cc(C(F)(F)F)cc(C(F)(F)F)c2)(c2cc(C(F)(F)F)cc(C(F)(F)F)c2)c2cc(C(F)(F)F)cc(C(F)(F)F)c2)C1. The summed E-state index contributed by atoms with van der Waals surface area (Å²) in [5.41, 5.74) is -35.7. The maximum Gasteiger partial charge on any atom is 0.416 e. The molecule has 550 valence electrons. The minimum Gasteiger partial charge on any atom is -0.196 e. The summed E-state index contributed by atoms with van der Waals surface area (Å²) in [6.07, 6.45) is -81.0. The summed E-state index contributed by atoms with van der Waals surface area (Å²) in [6, 6.07) is -11.1. The number of nitrogens with zero attached hydrogens (tertiary/aromatic N) is 2. The van der Waals surface area contributed by atoms with Gasteiger partial charge in [-0.25, -0.2) is 0 Å². The van der Waals surface area contributed by atoms with Crippen molar-refractivity contribution in [2.75, 3.05) is 0 Å². The molecule has 1 aliphatic carbocycles. The Balaban J connectivity index is 1.76. The molecule has 0 atom stereocenters. The first-order valence-corrected chi connectivity index (χ1v) is 31.3. The minimum atomic E-state index is -7.36. The first-order valence-electron chi connectivity index (χ1n) is 27.7. The van der Waals surface area contributed by atoms with Gasteiger partial charge in [0.1, 0.15) is 51.3 Å². The Kier molecular flexibility index (Phi) is 18.8. The molecule has 8 aromatic rings. The summed E-state index contributed by atoms with van der Waals surface area (Å²) >= 11 is 0. The predicted octanol–water partition coefficient (Wildman–Crippen LogP) is 20.4. The summed E-state index contributed by atoms with van der Waals surface area (Å²) in [7, 11) is -13.5. The van der Waals surface area contributed by atoms with Gasteiger partial charge in [-0.05, 0) is 116 Å². The van der Waals surface area contributed by atoms with E-state index in [1.807, 2.05) is 0 Å². The lowest BCUT2D eigenvalue weighted by Gasteiger charge is -2.57. The number of hydrogen-bond donors (Lipinski definition) is 0. The molecule has 0 bridgehead atoms. The quantitative estimate of drug-likeness (QED) is 0.0773.